The minimum Gasteiger partial charge on any atom is -0.171 e. The van der Waals surface area contributed by atoms with E-state index < -0.39 is 20.7 Å². The van der Waals surface area contributed by atoms with Crippen LogP contribution in [0.1, 0.15) is 84.0 Å². The van der Waals surface area contributed by atoms with Crippen molar-refractivity contribution >= 4 is 19.8 Å². The Balaban J connectivity index is 3.30. The topological polar surface area (TPSA) is 0 Å². The lowest BCUT2D eigenvalue weighted by atomic mass is 10.1. The summed E-state index contributed by atoms with van der Waals surface area (Å²) < 4.78 is 36.9. The van der Waals surface area contributed by atoms with Crippen molar-refractivity contribution in [2.75, 3.05) is 11.5 Å². The van der Waals surface area contributed by atoms with Crippen LogP contribution >= 0.6 is 11.8 Å². The maximum atomic E-state index is 12.3. The van der Waals surface area contributed by atoms with Crippen molar-refractivity contribution in [2.45, 2.75) is 115 Å². The van der Waals surface area contributed by atoms with Crippen molar-refractivity contribution in [3.63, 3.8) is 0 Å². The van der Waals surface area contributed by atoms with Crippen LogP contribution in [0.3, 0.4) is 0 Å². The van der Waals surface area contributed by atoms with Gasteiger partial charge in [0.25, 0.3) is 0 Å². The smallest absolute Gasteiger partial charge is 0.171 e. The first-order chi connectivity index (χ1) is 11.8. The number of rotatable bonds is 17. The molecule has 0 fully saturated rings. The van der Waals surface area contributed by atoms with Gasteiger partial charge >= 0.3 is 6.18 Å². The molecule has 5 heteroatoms. The van der Waals surface area contributed by atoms with Gasteiger partial charge in [0.1, 0.15) is 0 Å². The molecule has 0 rings (SSSR count). The van der Waals surface area contributed by atoms with E-state index in [1.807, 2.05) is 11.8 Å². The number of unbranched alkanes of at least 4 members (excludes halogenated alkanes) is 10. The molecule has 152 valence electrons. The maximum Gasteiger partial charge on any atom is 0.388 e. The van der Waals surface area contributed by atoms with Crippen LogP contribution < -0.4 is 0 Å². The lowest BCUT2D eigenvalue weighted by Gasteiger charge is -2.23. The monoisotopic (exact) mass is 398 g/mol. The first-order valence-electron chi connectivity index (χ1n) is 10.4. The van der Waals surface area contributed by atoms with Crippen LogP contribution in [0, 0.1) is 0 Å². The second-order valence-electron chi connectivity index (χ2n) is 8.12. The molecule has 0 aliphatic heterocycles. The molecule has 0 aliphatic carbocycles. The van der Waals surface area contributed by atoms with E-state index in [1.54, 1.807) is 0 Å². The SMILES string of the molecule is CCSCCCCCCCCCCCCC[Si](C)(C)CCC(F)(F)F. The van der Waals surface area contributed by atoms with Gasteiger partial charge in [-0.3, -0.25) is 0 Å². The van der Waals surface area contributed by atoms with Gasteiger partial charge in [0, 0.05) is 14.5 Å². The predicted molar refractivity (Wildman–Crippen MR) is 112 cm³/mol. The Labute approximate surface area is 160 Å². The molecule has 0 aromatic rings. The second kappa shape index (κ2) is 15.4. The summed E-state index contributed by atoms with van der Waals surface area (Å²) in [6.07, 6.45) is 9.96. The summed E-state index contributed by atoms with van der Waals surface area (Å²) in [5, 5.41) is 0. The van der Waals surface area contributed by atoms with Gasteiger partial charge in [0.15, 0.2) is 0 Å². The molecule has 0 saturated heterocycles. The van der Waals surface area contributed by atoms with Gasteiger partial charge in [-0.15, -0.1) is 0 Å². The molecule has 0 radical (unpaired) electrons. The van der Waals surface area contributed by atoms with Crippen LogP contribution in [0.4, 0.5) is 13.2 Å². The van der Waals surface area contributed by atoms with Crippen molar-refractivity contribution in [2.24, 2.45) is 0 Å². The summed E-state index contributed by atoms with van der Waals surface area (Å²) in [5.74, 6) is 2.57. The maximum absolute atomic E-state index is 12.3. The highest BCUT2D eigenvalue weighted by Crippen LogP contribution is 2.29. The number of thioether (sulfide) groups is 1. The number of hydrogen-bond acceptors (Lipinski definition) is 1. The van der Waals surface area contributed by atoms with Crippen molar-refractivity contribution in [1.29, 1.82) is 0 Å². The zero-order valence-electron chi connectivity index (χ0n) is 16.9. The summed E-state index contributed by atoms with van der Waals surface area (Å²) in [6.45, 7) is 6.45. The molecule has 0 atom stereocenters. The van der Waals surface area contributed by atoms with Crippen LogP contribution in [-0.2, 0) is 0 Å². The van der Waals surface area contributed by atoms with E-state index in [2.05, 4.69) is 20.0 Å². The summed E-state index contributed by atoms with van der Waals surface area (Å²) in [6, 6.07) is 1.45. The molecule has 0 saturated carbocycles. The largest absolute Gasteiger partial charge is 0.388 e. The second-order valence-corrected chi connectivity index (χ2v) is 14.8. The Morgan fingerprint density at radius 3 is 1.56 bits per heavy atom. The van der Waals surface area contributed by atoms with Gasteiger partial charge in [0.2, 0.25) is 0 Å². The number of hydrogen-bond donors (Lipinski definition) is 0. The first kappa shape index (κ1) is 25.4. The molecule has 0 spiro atoms. The average molecular weight is 399 g/mol. The molecule has 0 heterocycles. The van der Waals surface area contributed by atoms with E-state index in [0.717, 1.165) is 12.5 Å². The third kappa shape index (κ3) is 20.5. The van der Waals surface area contributed by atoms with E-state index in [0.29, 0.717) is 6.04 Å². The lowest BCUT2D eigenvalue weighted by Crippen LogP contribution is -2.27. The Morgan fingerprint density at radius 2 is 1.12 bits per heavy atom. The van der Waals surface area contributed by atoms with Crippen molar-refractivity contribution in [3.05, 3.63) is 0 Å². The molecular formula is C20H41F3SSi. The van der Waals surface area contributed by atoms with Gasteiger partial charge < -0.3 is 0 Å². The van der Waals surface area contributed by atoms with Gasteiger partial charge in [-0.25, -0.2) is 0 Å². The average Bonchev–Trinajstić information content (AvgIpc) is 2.53. The zero-order chi connectivity index (χ0) is 19.0. The third-order valence-corrected chi connectivity index (χ3v) is 9.23. The van der Waals surface area contributed by atoms with Crippen LogP contribution in [0.2, 0.25) is 25.2 Å². The van der Waals surface area contributed by atoms with Crippen LogP contribution in [-0.4, -0.2) is 25.8 Å². The molecule has 0 N–H and O–H groups in total. The molecule has 0 nitrogen and oxygen atoms in total. The predicted octanol–water partition coefficient (Wildman–Crippen LogP) is 8.69. The molecule has 0 aromatic carbocycles. The Kier molecular flexibility index (Phi) is 15.6. The molecule has 0 unspecified atom stereocenters. The number of halogens is 3. The third-order valence-electron chi connectivity index (χ3n) is 4.93. The van der Waals surface area contributed by atoms with Crippen molar-refractivity contribution in [1.82, 2.24) is 0 Å². The standard InChI is InChI=1S/C20H41F3SSi/c1-4-24-17-14-12-10-8-6-5-7-9-11-13-15-18-25(2,3)19-16-20(21,22)23/h4-19H2,1-3H3. The quantitative estimate of drug-likeness (QED) is 0.174. The molecule has 0 aromatic heterocycles. The van der Waals surface area contributed by atoms with Crippen LogP contribution in [0.25, 0.3) is 0 Å². The molecule has 0 amide bonds. The van der Waals surface area contributed by atoms with E-state index in [1.165, 1.54) is 75.7 Å². The molecule has 0 bridgehead atoms. The molecule has 25 heavy (non-hydrogen) atoms. The zero-order valence-corrected chi connectivity index (χ0v) is 18.7. The van der Waals surface area contributed by atoms with Crippen LogP contribution in [0.5, 0.6) is 0 Å². The summed E-state index contributed by atoms with van der Waals surface area (Å²) in [7, 11) is -1.64. The normalized spacial score (nSPS) is 12.7. The van der Waals surface area contributed by atoms with Gasteiger partial charge in [-0.1, -0.05) is 90.3 Å². The lowest BCUT2D eigenvalue weighted by molar-refractivity contribution is -0.130. The minimum absolute atomic E-state index is 0.396. The van der Waals surface area contributed by atoms with Crippen LogP contribution in [0.15, 0.2) is 0 Å². The fourth-order valence-corrected chi connectivity index (χ4v) is 6.26. The summed E-state index contributed by atoms with van der Waals surface area (Å²) in [4.78, 5) is 0. The minimum atomic E-state index is -3.97. The number of alkyl halides is 3. The van der Waals surface area contributed by atoms with E-state index >= 15 is 0 Å². The van der Waals surface area contributed by atoms with Gasteiger partial charge in [0.05, 0.1) is 0 Å². The summed E-state index contributed by atoms with van der Waals surface area (Å²) in [5.41, 5.74) is 0. The fraction of sp³-hybridized carbons (Fsp3) is 1.00. The fourth-order valence-electron chi connectivity index (χ4n) is 3.15. The highest BCUT2D eigenvalue weighted by molar-refractivity contribution is 7.99. The Morgan fingerprint density at radius 1 is 0.680 bits per heavy atom. The van der Waals surface area contributed by atoms with Crippen molar-refractivity contribution < 1.29 is 13.2 Å². The van der Waals surface area contributed by atoms with Gasteiger partial charge in [-0.05, 0) is 24.0 Å². The highest BCUT2D eigenvalue weighted by atomic mass is 32.2. The first-order valence-corrected chi connectivity index (χ1v) is 15.0. The molecule has 0 aliphatic rings. The van der Waals surface area contributed by atoms with E-state index in [-0.39, 0.29) is 0 Å². The molecular weight excluding hydrogens is 357 g/mol. The van der Waals surface area contributed by atoms with E-state index in [9.17, 15) is 13.2 Å². The Bertz CT molecular complexity index is 293. The van der Waals surface area contributed by atoms with Crippen molar-refractivity contribution in [3.8, 4) is 0 Å². The summed E-state index contributed by atoms with van der Waals surface area (Å²) >= 11 is 2.05. The Hall–Kier alpha value is 0.357. The van der Waals surface area contributed by atoms with Gasteiger partial charge in [-0.2, -0.15) is 24.9 Å². The van der Waals surface area contributed by atoms with E-state index in [4.69, 9.17) is 0 Å². The highest BCUT2D eigenvalue weighted by Gasteiger charge is 2.31.